The summed E-state index contributed by atoms with van der Waals surface area (Å²) in [7, 11) is 0. The van der Waals surface area contributed by atoms with Gasteiger partial charge >= 0.3 is 0 Å². The first-order chi connectivity index (χ1) is 9.81. The normalized spacial score (nSPS) is 24.1. The lowest BCUT2D eigenvalue weighted by Crippen LogP contribution is -2.42. The summed E-state index contributed by atoms with van der Waals surface area (Å²) < 4.78 is 7.42. The molecule has 1 aromatic heterocycles. The molecule has 1 saturated carbocycles. The lowest BCUT2D eigenvalue weighted by atomic mass is 10.1. The van der Waals surface area contributed by atoms with Crippen molar-refractivity contribution in [3.05, 3.63) is 18.0 Å². The molecule has 2 aliphatic rings. The molecule has 1 unspecified atom stereocenters. The zero-order chi connectivity index (χ0) is 13.8. The second kappa shape index (κ2) is 6.50. The minimum atomic E-state index is 0.174. The molecular weight excluding hydrogens is 254 g/mol. The van der Waals surface area contributed by atoms with Crippen LogP contribution in [0.1, 0.15) is 43.8 Å². The number of hydrogen-bond donors (Lipinski definition) is 1. The molecule has 0 radical (unpaired) electrons. The largest absolute Gasteiger partial charge is 0.379 e. The highest BCUT2D eigenvalue weighted by Gasteiger charge is 2.20. The number of aromatic nitrogens is 2. The van der Waals surface area contributed by atoms with E-state index in [2.05, 4.69) is 15.1 Å². The Morgan fingerprint density at radius 2 is 2.30 bits per heavy atom. The van der Waals surface area contributed by atoms with Gasteiger partial charge in [-0.1, -0.05) is 12.8 Å². The summed E-state index contributed by atoms with van der Waals surface area (Å²) in [6.07, 6.45) is 8.05. The summed E-state index contributed by atoms with van der Waals surface area (Å²) in [5.74, 6) is 0.240. The second-order valence-electron chi connectivity index (χ2n) is 5.87. The number of carbonyl (C=O) groups is 1. The van der Waals surface area contributed by atoms with Crippen LogP contribution in [-0.4, -0.2) is 41.4 Å². The molecule has 1 aromatic rings. The number of carbonyl (C=O) groups excluding carboxylic acids is 1. The molecular formula is C15H23N3O2. The molecule has 0 amide bonds. The molecule has 2 fully saturated rings. The molecule has 110 valence electrons. The van der Waals surface area contributed by atoms with E-state index in [1.165, 1.54) is 25.7 Å². The first-order valence-corrected chi connectivity index (χ1v) is 7.68. The van der Waals surface area contributed by atoms with Gasteiger partial charge in [0.05, 0.1) is 31.4 Å². The maximum absolute atomic E-state index is 12.1. The molecule has 1 atom stereocenters. The molecule has 1 aliphatic carbocycles. The third kappa shape index (κ3) is 3.46. The smallest absolute Gasteiger partial charge is 0.140 e. The molecule has 1 N–H and O–H groups in total. The van der Waals surface area contributed by atoms with E-state index in [-0.39, 0.29) is 11.8 Å². The van der Waals surface area contributed by atoms with Crippen LogP contribution in [-0.2, 0) is 16.0 Å². The molecule has 1 saturated heterocycles. The van der Waals surface area contributed by atoms with E-state index in [9.17, 15) is 4.79 Å². The Morgan fingerprint density at radius 3 is 3.05 bits per heavy atom. The van der Waals surface area contributed by atoms with E-state index in [4.69, 9.17) is 4.74 Å². The number of Topliss-reactive ketones (excluding diaryl/α,β-unsaturated/α-hetero) is 1. The Kier molecular flexibility index (Phi) is 4.47. The summed E-state index contributed by atoms with van der Waals surface area (Å²) in [6, 6.07) is 2.71. The highest BCUT2D eigenvalue weighted by molar-refractivity contribution is 5.81. The summed E-state index contributed by atoms with van der Waals surface area (Å²) in [5.41, 5.74) is 0.902. The quantitative estimate of drug-likeness (QED) is 0.886. The van der Waals surface area contributed by atoms with Crippen molar-refractivity contribution in [2.45, 2.75) is 50.6 Å². The van der Waals surface area contributed by atoms with Crippen LogP contribution >= 0.6 is 0 Å². The molecule has 20 heavy (non-hydrogen) atoms. The highest BCUT2D eigenvalue weighted by Crippen LogP contribution is 2.28. The van der Waals surface area contributed by atoms with Crippen molar-refractivity contribution in [3.63, 3.8) is 0 Å². The molecule has 0 spiro atoms. The molecule has 5 nitrogen and oxygen atoms in total. The first kappa shape index (κ1) is 13.8. The molecule has 1 aliphatic heterocycles. The number of ether oxygens (including phenoxy) is 1. The standard InChI is InChI=1S/C15H23N3O2/c19-15(10-13-11-20-8-6-16-13)9-12-5-7-18(17-12)14-3-1-2-4-14/h5,7,13-14,16H,1-4,6,8-11H2. The van der Waals surface area contributed by atoms with Crippen molar-refractivity contribution in [2.24, 2.45) is 0 Å². The van der Waals surface area contributed by atoms with Gasteiger partial charge in [0.2, 0.25) is 0 Å². The first-order valence-electron chi connectivity index (χ1n) is 7.68. The predicted molar refractivity (Wildman–Crippen MR) is 75.7 cm³/mol. The fourth-order valence-corrected chi connectivity index (χ4v) is 3.14. The lowest BCUT2D eigenvalue weighted by molar-refractivity contribution is -0.119. The van der Waals surface area contributed by atoms with E-state index in [0.717, 1.165) is 18.8 Å². The monoisotopic (exact) mass is 277 g/mol. The fourth-order valence-electron chi connectivity index (χ4n) is 3.14. The number of nitrogens with one attached hydrogen (secondary N) is 1. The second-order valence-corrected chi connectivity index (χ2v) is 5.87. The van der Waals surface area contributed by atoms with Gasteiger partial charge < -0.3 is 10.1 Å². The van der Waals surface area contributed by atoms with Crippen molar-refractivity contribution >= 4 is 5.78 Å². The number of morpholine rings is 1. The van der Waals surface area contributed by atoms with Gasteiger partial charge in [-0.25, -0.2) is 0 Å². The molecule has 0 aromatic carbocycles. The van der Waals surface area contributed by atoms with E-state index >= 15 is 0 Å². The van der Waals surface area contributed by atoms with Gasteiger partial charge in [0, 0.05) is 25.2 Å². The van der Waals surface area contributed by atoms with E-state index < -0.39 is 0 Å². The topological polar surface area (TPSA) is 56.2 Å². The third-order valence-electron chi connectivity index (χ3n) is 4.21. The van der Waals surface area contributed by atoms with Crippen LogP contribution in [0.2, 0.25) is 0 Å². The van der Waals surface area contributed by atoms with Crippen molar-refractivity contribution in [3.8, 4) is 0 Å². The van der Waals surface area contributed by atoms with Gasteiger partial charge in [-0.3, -0.25) is 9.48 Å². The number of rotatable bonds is 5. The lowest BCUT2D eigenvalue weighted by Gasteiger charge is -2.22. The van der Waals surface area contributed by atoms with Crippen LogP contribution in [0.3, 0.4) is 0 Å². The van der Waals surface area contributed by atoms with Crippen molar-refractivity contribution in [2.75, 3.05) is 19.8 Å². The minimum Gasteiger partial charge on any atom is -0.379 e. The minimum absolute atomic E-state index is 0.174. The van der Waals surface area contributed by atoms with Gasteiger partial charge in [-0.2, -0.15) is 5.10 Å². The van der Waals surface area contributed by atoms with Gasteiger partial charge in [0.1, 0.15) is 5.78 Å². The van der Waals surface area contributed by atoms with E-state index in [1.807, 2.05) is 12.3 Å². The summed E-state index contributed by atoms with van der Waals surface area (Å²) in [4.78, 5) is 12.1. The maximum Gasteiger partial charge on any atom is 0.140 e. The van der Waals surface area contributed by atoms with Gasteiger partial charge in [0.15, 0.2) is 0 Å². The number of hydrogen-bond acceptors (Lipinski definition) is 4. The average Bonchev–Trinajstić information content (AvgIpc) is 3.10. The molecule has 0 bridgehead atoms. The van der Waals surface area contributed by atoms with Crippen molar-refractivity contribution in [1.29, 1.82) is 0 Å². The van der Waals surface area contributed by atoms with Crippen LogP contribution in [0.5, 0.6) is 0 Å². The number of ketones is 1. The summed E-state index contributed by atoms with van der Waals surface area (Å²) in [6.45, 7) is 2.23. The zero-order valence-electron chi connectivity index (χ0n) is 11.9. The van der Waals surface area contributed by atoms with Crippen molar-refractivity contribution < 1.29 is 9.53 Å². The van der Waals surface area contributed by atoms with Gasteiger partial charge in [-0.15, -0.1) is 0 Å². The van der Waals surface area contributed by atoms with Crippen LogP contribution in [0.15, 0.2) is 12.3 Å². The van der Waals surface area contributed by atoms with Gasteiger partial charge in [-0.05, 0) is 18.9 Å². The zero-order valence-corrected chi connectivity index (χ0v) is 11.9. The molecule has 5 heteroatoms. The van der Waals surface area contributed by atoms with Crippen LogP contribution in [0.4, 0.5) is 0 Å². The molecule has 3 rings (SSSR count). The van der Waals surface area contributed by atoms with Crippen molar-refractivity contribution in [1.82, 2.24) is 15.1 Å². The average molecular weight is 277 g/mol. The Hall–Kier alpha value is -1.20. The van der Waals surface area contributed by atoms with Crippen LogP contribution in [0.25, 0.3) is 0 Å². The highest BCUT2D eigenvalue weighted by atomic mass is 16.5. The Morgan fingerprint density at radius 1 is 1.45 bits per heavy atom. The predicted octanol–water partition coefficient (Wildman–Crippen LogP) is 1.49. The maximum atomic E-state index is 12.1. The van der Waals surface area contributed by atoms with Crippen LogP contribution < -0.4 is 5.32 Å². The number of nitrogens with zero attached hydrogens (tertiary/aromatic N) is 2. The summed E-state index contributed by atoms with van der Waals surface area (Å²) >= 11 is 0. The van der Waals surface area contributed by atoms with Gasteiger partial charge in [0.25, 0.3) is 0 Å². The fraction of sp³-hybridized carbons (Fsp3) is 0.733. The van der Waals surface area contributed by atoms with E-state index in [1.54, 1.807) is 0 Å². The van der Waals surface area contributed by atoms with E-state index in [0.29, 0.717) is 25.5 Å². The summed E-state index contributed by atoms with van der Waals surface area (Å²) in [5, 5.41) is 7.88. The third-order valence-corrected chi connectivity index (χ3v) is 4.21. The Balaban J connectivity index is 1.50. The Bertz CT molecular complexity index is 446. The Labute approximate surface area is 119 Å². The SMILES string of the molecule is O=C(Cc1ccn(C2CCCC2)n1)CC1COCCN1. The van der Waals surface area contributed by atoms with Crippen LogP contribution in [0, 0.1) is 0 Å². The molecule has 2 heterocycles.